The van der Waals surface area contributed by atoms with E-state index in [9.17, 15) is 4.79 Å². The summed E-state index contributed by atoms with van der Waals surface area (Å²) in [4.78, 5) is 12.5. The number of aromatic nitrogens is 2. The van der Waals surface area contributed by atoms with Gasteiger partial charge in [-0.25, -0.2) is 0 Å². The predicted octanol–water partition coefficient (Wildman–Crippen LogP) is 2.72. The van der Waals surface area contributed by atoms with E-state index >= 15 is 0 Å². The fourth-order valence-corrected chi connectivity index (χ4v) is 2.94. The summed E-state index contributed by atoms with van der Waals surface area (Å²) in [5.41, 5.74) is 1.94. The van der Waals surface area contributed by atoms with Crippen molar-refractivity contribution >= 4 is 17.5 Å². The molecular formula is C18H25ClN4O. The van der Waals surface area contributed by atoms with E-state index in [1.165, 1.54) is 5.56 Å². The van der Waals surface area contributed by atoms with Gasteiger partial charge in [0.1, 0.15) is 6.04 Å². The van der Waals surface area contributed by atoms with Gasteiger partial charge in [0, 0.05) is 30.4 Å². The Kier molecular flexibility index (Phi) is 6.02. The van der Waals surface area contributed by atoms with E-state index in [0.717, 1.165) is 17.0 Å². The second-order valence-electron chi connectivity index (χ2n) is 6.86. The van der Waals surface area contributed by atoms with Gasteiger partial charge in [0.2, 0.25) is 5.91 Å². The van der Waals surface area contributed by atoms with Crippen LogP contribution in [0.4, 0.5) is 0 Å². The van der Waals surface area contributed by atoms with Crippen LogP contribution in [0.2, 0.25) is 5.02 Å². The highest BCUT2D eigenvalue weighted by atomic mass is 35.5. The fraction of sp³-hybridized carbons (Fsp3) is 0.444. The fourth-order valence-electron chi connectivity index (χ4n) is 2.73. The van der Waals surface area contributed by atoms with Crippen LogP contribution < -0.4 is 10.6 Å². The number of hydrogen-bond acceptors (Lipinski definition) is 3. The first-order valence-corrected chi connectivity index (χ1v) is 8.36. The van der Waals surface area contributed by atoms with Crippen molar-refractivity contribution in [2.75, 3.05) is 13.6 Å². The van der Waals surface area contributed by atoms with Crippen LogP contribution in [0.5, 0.6) is 0 Å². The summed E-state index contributed by atoms with van der Waals surface area (Å²) in [7, 11) is 3.61. The molecule has 130 valence electrons. The number of hydrogen-bond donors (Lipinski definition) is 2. The first-order chi connectivity index (χ1) is 11.3. The Hall–Kier alpha value is -1.85. The van der Waals surface area contributed by atoms with Crippen molar-refractivity contribution in [3.63, 3.8) is 0 Å². The van der Waals surface area contributed by atoms with E-state index in [1.54, 1.807) is 17.9 Å². The molecule has 2 aromatic rings. The van der Waals surface area contributed by atoms with Crippen molar-refractivity contribution in [1.82, 2.24) is 20.4 Å². The molecule has 0 spiro atoms. The molecule has 0 saturated carbocycles. The van der Waals surface area contributed by atoms with Gasteiger partial charge in [-0.15, -0.1) is 0 Å². The zero-order valence-electron chi connectivity index (χ0n) is 14.6. The lowest BCUT2D eigenvalue weighted by atomic mass is 9.85. The molecule has 24 heavy (non-hydrogen) atoms. The first kappa shape index (κ1) is 18.5. The Labute approximate surface area is 148 Å². The number of aryl methyl sites for hydroxylation is 1. The first-order valence-electron chi connectivity index (χ1n) is 7.99. The molecule has 2 N–H and O–H groups in total. The van der Waals surface area contributed by atoms with Crippen molar-refractivity contribution in [1.29, 1.82) is 0 Å². The number of halogens is 1. The monoisotopic (exact) mass is 348 g/mol. The standard InChI is InChI=1S/C18H25ClN4O/c1-18(2,9-13-6-5-7-15(19)8-13)12-21-17(24)16(20-3)14-10-22-23(4)11-14/h5-8,10-11,16,20H,9,12H2,1-4H3,(H,21,24). The van der Waals surface area contributed by atoms with E-state index < -0.39 is 6.04 Å². The summed E-state index contributed by atoms with van der Waals surface area (Å²) in [5.74, 6) is -0.0512. The van der Waals surface area contributed by atoms with Gasteiger partial charge in [-0.2, -0.15) is 5.10 Å². The molecular weight excluding hydrogens is 324 g/mol. The highest BCUT2D eigenvalue weighted by molar-refractivity contribution is 6.30. The van der Waals surface area contributed by atoms with Gasteiger partial charge in [-0.1, -0.05) is 37.6 Å². The Morgan fingerprint density at radius 2 is 2.17 bits per heavy atom. The molecule has 2 rings (SSSR count). The maximum atomic E-state index is 12.5. The van der Waals surface area contributed by atoms with Crippen LogP contribution in [0.1, 0.15) is 31.0 Å². The van der Waals surface area contributed by atoms with Crippen LogP contribution in [0, 0.1) is 5.41 Å². The lowest BCUT2D eigenvalue weighted by molar-refractivity contribution is -0.123. The molecule has 0 radical (unpaired) electrons. The summed E-state index contributed by atoms with van der Waals surface area (Å²) in [5, 5.41) is 10.9. The Bertz CT molecular complexity index is 696. The van der Waals surface area contributed by atoms with Gasteiger partial charge in [0.25, 0.3) is 0 Å². The number of carbonyl (C=O) groups is 1. The maximum absolute atomic E-state index is 12.5. The number of amides is 1. The summed E-state index contributed by atoms with van der Waals surface area (Å²) in [6.07, 6.45) is 4.39. The van der Waals surface area contributed by atoms with Crippen LogP contribution >= 0.6 is 11.6 Å². The molecule has 1 amide bonds. The van der Waals surface area contributed by atoms with Gasteiger partial charge >= 0.3 is 0 Å². The molecule has 1 unspecified atom stereocenters. The van der Waals surface area contributed by atoms with Gasteiger partial charge in [-0.3, -0.25) is 9.48 Å². The molecule has 0 fully saturated rings. The number of benzene rings is 1. The molecule has 0 saturated heterocycles. The van der Waals surface area contributed by atoms with Gasteiger partial charge in [0.15, 0.2) is 0 Å². The van der Waals surface area contributed by atoms with Crippen LogP contribution in [-0.2, 0) is 18.3 Å². The summed E-state index contributed by atoms with van der Waals surface area (Å²) < 4.78 is 1.69. The lowest BCUT2D eigenvalue weighted by Crippen LogP contribution is -2.41. The molecule has 1 aromatic heterocycles. The minimum atomic E-state index is -0.402. The maximum Gasteiger partial charge on any atom is 0.241 e. The number of nitrogens with zero attached hydrogens (tertiary/aromatic N) is 2. The molecule has 1 heterocycles. The third kappa shape index (κ3) is 5.08. The molecule has 0 bridgehead atoms. The number of nitrogens with one attached hydrogen (secondary N) is 2. The molecule has 6 heteroatoms. The van der Waals surface area contributed by atoms with Crippen LogP contribution in [0.3, 0.4) is 0 Å². The highest BCUT2D eigenvalue weighted by Crippen LogP contribution is 2.23. The lowest BCUT2D eigenvalue weighted by Gasteiger charge is -2.26. The molecule has 1 aromatic carbocycles. The van der Waals surface area contributed by atoms with Crippen molar-refractivity contribution in [2.24, 2.45) is 12.5 Å². The number of carbonyl (C=O) groups excluding carboxylic acids is 1. The second-order valence-corrected chi connectivity index (χ2v) is 7.29. The summed E-state index contributed by atoms with van der Waals surface area (Å²) in [6, 6.07) is 7.44. The minimum Gasteiger partial charge on any atom is -0.354 e. The van der Waals surface area contributed by atoms with E-state index in [2.05, 4.69) is 35.6 Å². The Morgan fingerprint density at radius 3 is 2.75 bits per heavy atom. The minimum absolute atomic E-state index is 0.0512. The second kappa shape index (κ2) is 7.81. The van der Waals surface area contributed by atoms with Crippen LogP contribution in [-0.4, -0.2) is 29.3 Å². The highest BCUT2D eigenvalue weighted by Gasteiger charge is 2.24. The Morgan fingerprint density at radius 1 is 1.42 bits per heavy atom. The quantitative estimate of drug-likeness (QED) is 0.808. The molecule has 0 aliphatic heterocycles. The molecule has 0 aliphatic carbocycles. The SMILES string of the molecule is CNC(C(=O)NCC(C)(C)Cc1cccc(Cl)c1)c1cnn(C)c1. The van der Waals surface area contributed by atoms with E-state index in [4.69, 9.17) is 11.6 Å². The predicted molar refractivity (Wildman–Crippen MR) is 97.0 cm³/mol. The van der Waals surface area contributed by atoms with Crippen LogP contribution in [0.25, 0.3) is 0 Å². The van der Waals surface area contributed by atoms with Crippen LogP contribution in [0.15, 0.2) is 36.7 Å². The number of rotatable bonds is 7. The van der Waals surface area contributed by atoms with E-state index in [-0.39, 0.29) is 11.3 Å². The topological polar surface area (TPSA) is 59.0 Å². The van der Waals surface area contributed by atoms with Gasteiger partial charge in [-0.05, 0) is 36.6 Å². The van der Waals surface area contributed by atoms with Crippen molar-refractivity contribution in [3.05, 3.63) is 52.8 Å². The smallest absolute Gasteiger partial charge is 0.241 e. The van der Waals surface area contributed by atoms with Crippen molar-refractivity contribution in [3.8, 4) is 0 Å². The third-order valence-corrected chi connectivity index (χ3v) is 4.16. The van der Waals surface area contributed by atoms with Crippen molar-refractivity contribution in [2.45, 2.75) is 26.3 Å². The van der Waals surface area contributed by atoms with E-state index in [0.29, 0.717) is 6.54 Å². The summed E-state index contributed by atoms with van der Waals surface area (Å²) >= 11 is 6.05. The zero-order valence-corrected chi connectivity index (χ0v) is 15.4. The summed E-state index contributed by atoms with van der Waals surface area (Å²) in [6.45, 7) is 4.84. The average Bonchev–Trinajstić information content (AvgIpc) is 2.92. The Balaban J connectivity index is 1.96. The molecule has 5 nitrogen and oxygen atoms in total. The van der Waals surface area contributed by atoms with E-state index in [1.807, 2.05) is 31.4 Å². The number of likely N-dealkylation sites (N-methyl/N-ethyl adjacent to an activating group) is 1. The van der Waals surface area contributed by atoms with Crippen molar-refractivity contribution < 1.29 is 4.79 Å². The third-order valence-electron chi connectivity index (χ3n) is 3.92. The molecule has 1 atom stereocenters. The largest absolute Gasteiger partial charge is 0.354 e. The normalized spacial score (nSPS) is 12.9. The van der Waals surface area contributed by atoms with Gasteiger partial charge in [0.05, 0.1) is 6.20 Å². The molecule has 0 aliphatic rings. The zero-order chi connectivity index (χ0) is 17.7. The average molecular weight is 349 g/mol. The van der Waals surface area contributed by atoms with Gasteiger partial charge < -0.3 is 10.6 Å².